The Hall–Kier alpha value is -2.37. The standard InChI is InChI=1S/C56H102O6/c1-4-7-10-13-16-19-22-24-26-27-28-29-31-32-34-37-40-43-46-49-55(58)61-52-53(51-60-54(57)48-45-42-39-36-21-18-15-12-9-6-3)62-56(59)50-47-44-41-38-35-33-30-25-23-20-17-14-11-8-5-2/h15-16,18-19,22,24,53H,4-14,17,20-21,23,25-52H2,1-3H3/b18-15-,19-16-,24-22-. The molecule has 362 valence electrons. The Morgan fingerprint density at radius 2 is 0.597 bits per heavy atom. The molecule has 0 aliphatic heterocycles. The number of carbonyl (C=O) groups excluding carboxylic acids is 3. The zero-order valence-electron chi connectivity index (χ0n) is 41.4. The smallest absolute Gasteiger partial charge is 0.306 e. The Bertz CT molecular complexity index is 1050. The van der Waals surface area contributed by atoms with Crippen LogP contribution in [0.5, 0.6) is 0 Å². The molecule has 6 nitrogen and oxygen atoms in total. The first-order chi connectivity index (χ1) is 30.5. The molecule has 0 aliphatic carbocycles. The average Bonchev–Trinajstić information content (AvgIpc) is 3.27. The molecule has 0 aromatic rings. The largest absolute Gasteiger partial charge is 0.462 e. The summed E-state index contributed by atoms with van der Waals surface area (Å²) in [5.41, 5.74) is 0. The molecule has 0 bridgehead atoms. The normalized spacial score (nSPS) is 12.2. The van der Waals surface area contributed by atoms with E-state index in [1.807, 2.05) is 0 Å². The van der Waals surface area contributed by atoms with Gasteiger partial charge in [0.2, 0.25) is 0 Å². The minimum Gasteiger partial charge on any atom is -0.462 e. The number of ether oxygens (including phenoxy) is 3. The van der Waals surface area contributed by atoms with Crippen LogP contribution in [0.4, 0.5) is 0 Å². The van der Waals surface area contributed by atoms with Gasteiger partial charge in [-0.3, -0.25) is 14.4 Å². The van der Waals surface area contributed by atoms with E-state index < -0.39 is 6.10 Å². The Morgan fingerprint density at radius 1 is 0.323 bits per heavy atom. The summed E-state index contributed by atoms with van der Waals surface area (Å²) < 4.78 is 16.8. The van der Waals surface area contributed by atoms with Gasteiger partial charge in [-0.2, -0.15) is 0 Å². The average molecular weight is 871 g/mol. The number of esters is 3. The summed E-state index contributed by atoms with van der Waals surface area (Å²) in [6.45, 7) is 6.58. The minimum atomic E-state index is -0.773. The van der Waals surface area contributed by atoms with Crippen LogP contribution < -0.4 is 0 Å². The maximum absolute atomic E-state index is 12.8. The number of hydrogen-bond acceptors (Lipinski definition) is 6. The lowest BCUT2D eigenvalue weighted by atomic mass is 10.0. The molecule has 0 saturated carbocycles. The van der Waals surface area contributed by atoms with Crippen LogP contribution in [0.15, 0.2) is 36.5 Å². The van der Waals surface area contributed by atoms with Crippen LogP contribution in [0.1, 0.15) is 284 Å². The molecule has 0 amide bonds. The molecule has 0 heterocycles. The highest BCUT2D eigenvalue weighted by Crippen LogP contribution is 2.16. The van der Waals surface area contributed by atoms with Gasteiger partial charge in [-0.05, 0) is 64.2 Å². The number of rotatable bonds is 49. The molecular weight excluding hydrogens is 769 g/mol. The molecule has 6 heteroatoms. The second-order valence-corrected chi connectivity index (χ2v) is 18.2. The quantitative estimate of drug-likeness (QED) is 0.0199. The van der Waals surface area contributed by atoms with E-state index in [0.29, 0.717) is 19.3 Å². The predicted molar refractivity (Wildman–Crippen MR) is 266 cm³/mol. The summed E-state index contributed by atoms with van der Waals surface area (Å²) in [5, 5.41) is 0. The zero-order chi connectivity index (χ0) is 45.1. The van der Waals surface area contributed by atoms with Crippen molar-refractivity contribution in [3.8, 4) is 0 Å². The van der Waals surface area contributed by atoms with Gasteiger partial charge < -0.3 is 14.2 Å². The molecular formula is C56H102O6. The number of hydrogen-bond donors (Lipinski definition) is 0. The highest BCUT2D eigenvalue weighted by Gasteiger charge is 2.19. The fourth-order valence-corrected chi connectivity index (χ4v) is 7.77. The van der Waals surface area contributed by atoms with Gasteiger partial charge in [0.25, 0.3) is 0 Å². The molecule has 62 heavy (non-hydrogen) atoms. The van der Waals surface area contributed by atoms with E-state index in [0.717, 1.165) is 77.0 Å². The molecule has 0 radical (unpaired) electrons. The molecule has 0 aliphatic rings. The Morgan fingerprint density at radius 3 is 0.984 bits per heavy atom. The molecule has 0 saturated heterocycles. The van der Waals surface area contributed by atoms with Crippen LogP contribution >= 0.6 is 0 Å². The maximum Gasteiger partial charge on any atom is 0.306 e. The van der Waals surface area contributed by atoms with E-state index in [9.17, 15) is 14.4 Å². The molecule has 0 N–H and O–H groups in total. The summed E-state index contributed by atoms with van der Waals surface area (Å²) >= 11 is 0. The van der Waals surface area contributed by atoms with Crippen molar-refractivity contribution in [1.29, 1.82) is 0 Å². The number of carbonyl (C=O) groups is 3. The van der Waals surface area contributed by atoms with E-state index in [2.05, 4.69) is 57.2 Å². The van der Waals surface area contributed by atoms with E-state index in [1.54, 1.807) is 0 Å². The van der Waals surface area contributed by atoms with Gasteiger partial charge in [0, 0.05) is 19.3 Å². The van der Waals surface area contributed by atoms with Crippen molar-refractivity contribution in [2.45, 2.75) is 290 Å². The monoisotopic (exact) mass is 871 g/mol. The van der Waals surface area contributed by atoms with E-state index in [4.69, 9.17) is 14.2 Å². The Balaban J connectivity index is 4.29. The third-order valence-corrected chi connectivity index (χ3v) is 11.9. The fraction of sp³-hybridized carbons (Fsp3) is 0.839. The lowest BCUT2D eigenvalue weighted by Crippen LogP contribution is -2.30. The van der Waals surface area contributed by atoms with Crippen LogP contribution in [-0.4, -0.2) is 37.2 Å². The van der Waals surface area contributed by atoms with Crippen molar-refractivity contribution in [2.75, 3.05) is 13.2 Å². The summed E-state index contributed by atoms with van der Waals surface area (Å²) in [6, 6.07) is 0. The van der Waals surface area contributed by atoms with Gasteiger partial charge in [-0.15, -0.1) is 0 Å². The minimum absolute atomic E-state index is 0.0745. The van der Waals surface area contributed by atoms with Crippen molar-refractivity contribution >= 4 is 17.9 Å². The fourth-order valence-electron chi connectivity index (χ4n) is 7.77. The molecule has 0 aromatic heterocycles. The van der Waals surface area contributed by atoms with Gasteiger partial charge >= 0.3 is 17.9 Å². The molecule has 1 atom stereocenters. The van der Waals surface area contributed by atoms with Crippen molar-refractivity contribution < 1.29 is 28.6 Å². The van der Waals surface area contributed by atoms with Crippen LogP contribution in [0.3, 0.4) is 0 Å². The summed E-state index contributed by atoms with van der Waals surface area (Å²) in [7, 11) is 0. The highest BCUT2D eigenvalue weighted by atomic mass is 16.6. The van der Waals surface area contributed by atoms with E-state index in [1.165, 1.54) is 167 Å². The lowest BCUT2D eigenvalue weighted by Gasteiger charge is -2.18. The Labute approximate surface area is 385 Å². The first kappa shape index (κ1) is 59.6. The summed E-state index contributed by atoms with van der Waals surface area (Å²) in [4.78, 5) is 38.0. The second-order valence-electron chi connectivity index (χ2n) is 18.2. The molecule has 0 spiro atoms. The maximum atomic E-state index is 12.8. The van der Waals surface area contributed by atoms with Crippen LogP contribution in [0.2, 0.25) is 0 Å². The number of allylic oxidation sites excluding steroid dienone is 6. The Kier molecular flexibility index (Phi) is 49.3. The molecule has 0 rings (SSSR count). The van der Waals surface area contributed by atoms with E-state index >= 15 is 0 Å². The van der Waals surface area contributed by atoms with Gasteiger partial charge in [0.1, 0.15) is 13.2 Å². The van der Waals surface area contributed by atoms with Crippen LogP contribution in [0, 0.1) is 0 Å². The third-order valence-electron chi connectivity index (χ3n) is 11.9. The lowest BCUT2D eigenvalue weighted by molar-refractivity contribution is -0.167. The third kappa shape index (κ3) is 48.7. The predicted octanol–water partition coefficient (Wildman–Crippen LogP) is 17.7. The van der Waals surface area contributed by atoms with Crippen LogP contribution in [-0.2, 0) is 28.6 Å². The van der Waals surface area contributed by atoms with E-state index in [-0.39, 0.29) is 31.1 Å². The number of unbranched alkanes of at least 4 members (excludes halogenated alkanes) is 33. The van der Waals surface area contributed by atoms with Crippen molar-refractivity contribution in [3.05, 3.63) is 36.5 Å². The van der Waals surface area contributed by atoms with Crippen molar-refractivity contribution in [2.24, 2.45) is 0 Å². The SMILES string of the molecule is CCCC/C=C\CCCCCCC(=O)OCC(COC(=O)CCCCCCCCCCCC/C=C\C=C/CCCCC)OC(=O)CCCCCCCCCCCCCCCCC. The molecule has 1 unspecified atom stereocenters. The van der Waals surface area contributed by atoms with Gasteiger partial charge in [0.05, 0.1) is 0 Å². The first-order valence-electron chi connectivity index (χ1n) is 27.0. The van der Waals surface area contributed by atoms with Crippen molar-refractivity contribution in [1.82, 2.24) is 0 Å². The first-order valence-corrected chi connectivity index (χ1v) is 27.0. The molecule has 0 fully saturated rings. The van der Waals surface area contributed by atoms with Gasteiger partial charge in [0.15, 0.2) is 6.10 Å². The summed E-state index contributed by atoms with van der Waals surface area (Å²) in [5.74, 6) is -0.879. The van der Waals surface area contributed by atoms with Crippen molar-refractivity contribution in [3.63, 3.8) is 0 Å². The second kappa shape index (κ2) is 51.3. The van der Waals surface area contributed by atoms with Crippen LogP contribution in [0.25, 0.3) is 0 Å². The molecule has 0 aromatic carbocycles. The zero-order valence-corrected chi connectivity index (χ0v) is 41.4. The topological polar surface area (TPSA) is 78.9 Å². The highest BCUT2D eigenvalue weighted by molar-refractivity contribution is 5.71. The van der Waals surface area contributed by atoms with Gasteiger partial charge in [-0.1, -0.05) is 237 Å². The summed E-state index contributed by atoms with van der Waals surface area (Å²) in [6.07, 6.45) is 59.9. The van der Waals surface area contributed by atoms with Gasteiger partial charge in [-0.25, -0.2) is 0 Å².